The van der Waals surface area contributed by atoms with Crippen molar-refractivity contribution in [2.45, 2.75) is 26.5 Å². The van der Waals surface area contributed by atoms with E-state index in [0.717, 1.165) is 0 Å². The van der Waals surface area contributed by atoms with Gasteiger partial charge in [0, 0.05) is 6.61 Å². The largest absolute Gasteiger partial charge is 0.476 e. The Bertz CT molecular complexity index is 364. The van der Waals surface area contributed by atoms with Gasteiger partial charge in [-0.15, -0.1) is 5.10 Å². The van der Waals surface area contributed by atoms with Crippen molar-refractivity contribution in [1.82, 2.24) is 15.0 Å². The molecular weight excluding hydrogens is 214 g/mol. The molecule has 0 saturated heterocycles. The number of carboxylic acid groups (broad SMARTS) is 1. The average molecular weight is 229 g/mol. The van der Waals surface area contributed by atoms with Gasteiger partial charge in [-0.1, -0.05) is 5.21 Å². The molecule has 0 aliphatic rings. The fourth-order valence-corrected chi connectivity index (χ4v) is 1.24. The van der Waals surface area contributed by atoms with Crippen LogP contribution in [0, 0.1) is 6.92 Å². The molecule has 0 radical (unpaired) electrons. The van der Waals surface area contributed by atoms with Crippen molar-refractivity contribution in [2.75, 3.05) is 13.2 Å². The van der Waals surface area contributed by atoms with Crippen LogP contribution < -0.4 is 0 Å². The first kappa shape index (κ1) is 12.6. The zero-order valence-corrected chi connectivity index (χ0v) is 9.25. The molecule has 0 aliphatic heterocycles. The normalized spacial score (nSPS) is 12.7. The van der Waals surface area contributed by atoms with Crippen molar-refractivity contribution in [3.63, 3.8) is 0 Å². The SMILES string of the molecule is CCOCC(O)Cn1nnc(C(=O)O)c1C. The van der Waals surface area contributed by atoms with Crippen molar-refractivity contribution in [2.24, 2.45) is 0 Å². The summed E-state index contributed by atoms with van der Waals surface area (Å²) < 4.78 is 6.39. The third-order valence-electron chi connectivity index (χ3n) is 2.08. The van der Waals surface area contributed by atoms with Crippen LogP contribution in [0.25, 0.3) is 0 Å². The van der Waals surface area contributed by atoms with E-state index in [-0.39, 0.29) is 18.8 Å². The average Bonchev–Trinajstić information content (AvgIpc) is 2.57. The van der Waals surface area contributed by atoms with Crippen LogP contribution in [0.3, 0.4) is 0 Å². The summed E-state index contributed by atoms with van der Waals surface area (Å²) in [6.07, 6.45) is -0.720. The van der Waals surface area contributed by atoms with Gasteiger partial charge < -0.3 is 14.9 Å². The lowest BCUT2D eigenvalue weighted by Crippen LogP contribution is -2.23. The van der Waals surface area contributed by atoms with E-state index >= 15 is 0 Å². The number of aromatic carboxylic acids is 1. The molecule has 1 unspecified atom stereocenters. The number of aliphatic hydroxyl groups is 1. The summed E-state index contributed by atoms with van der Waals surface area (Å²) in [6.45, 7) is 4.31. The predicted molar refractivity (Wildman–Crippen MR) is 54.2 cm³/mol. The van der Waals surface area contributed by atoms with Gasteiger partial charge in [0.1, 0.15) is 0 Å². The van der Waals surface area contributed by atoms with E-state index in [0.29, 0.717) is 12.3 Å². The second-order valence-corrected chi connectivity index (χ2v) is 3.32. The van der Waals surface area contributed by atoms with Gasteiger partial charge in [0.25, 0.3) is 0 Å². The number of aromatic nitrogens is 3. The molecule has 0 saturated carbocycles. The number of hydrogen-bond acceptors (Lipinski definition) is 5. The highest BCUT2D eigenvalue weighted by Gasteiger charge is 2.16. The van der Waals surface area contributed by atoms with Crippen LogP contribution >= 0.6 is 0 Å². The van der Waals surface area contributed by atoms with E-state index in [1.54, 1.807) is 6.92 Å². The molecule has 0 spiro atoms. The van der Waals surface area contributed by atoms with Crippen LogP contribution in [0.2, 0.25) is 0 Å². The third kappa shape index (κ3) is 3.01. The standard InChI is InChI=1S/C9H15N3O4/c1-3-16-5-7(13)4-12-6(2)8(9(14)15)10-11-12/h7,13H,3-5H2,1-2H3,(H,14,15). The third-order valence-corrected chi connectivity index (χ3v) is 2.08. The molecular formula is C9H15N3O4. The first-order valence-electron chi connectivity index (χ1n) is 4.95. The minimum atomic E-state index is -1.12. The number of nitrogens with zero attached hydrogens (tertiary/aromatic N) is 3. The van der Waals surface area contributed by atoms with Crippen LogP contribution in [0.15, 0.2) is 0 Å². The number of aliphatic hydroxyl groups excluding tert-OH is 1. The zero-order chi connectivity index (χ0) is 12.1. The van der Waals surface area contributed by atoms with Gasteiger partial charge in [0.15, 0.2) is 5.69 Å². The van der Waals surface area contributed by atoms with Crippen molar-refractivity contribution in [3.05, 3.63) is 11.4 Å². The predicted octanol–water partition coefficient (Wildman–Crippen LogP) is -0.318. The molecule has 2 N–H and O–H groups in total. The summed E-state index contributed by atoms with van der Waals surface area (Å²) in [7, 11) is 0. The Morgan fingerprint density at radius 3 is 2.81 bits per heavy atom. The molecule has 1 rings (SSSR count). The number of carboxylic acids is 1. The van der Waals surface area contributed by atoms with E-state index < -0.39 is 12.1 Å². The highest BCUT2D eigenvalue weighted by molar-refractivity contribution is 5.86. The Balaban J connectivity index is 2.64. The fraction of sp³-hybridized carbons (Fsp3) is 0.667. The lowest BCUT2D eigenvalue weighted by molar-refractivity contribution is 0.0310. The fourth-order valence-electron chi connectivity index (χ4n) is 1.24. The monoisotopic (exact) mass is 229 g/mol. The Hall–Kier alpha value is -1.47. The molecule has 0 amide bonds. The van der Waals surface area contributed by atoms with Crippen molar-refractivity contribution in [3.8, 4) is 0 Å². The van der Waals surface area contributed by atoms with Gasteiger partial charge in [-0.3, -0.25) is 0 Å². The molecule has 0 bridgehead atoms. The molecule has 1 aromatic rings. The Morgan fingerprint density at radius 2 is 2.31 bits per heavy atom. The van der Waals surface area contributed by atoms with Crippen LogP contribution in [0.4, 0.5) is 0 Å². The number of rotatable bonds is 6. The molecule has 7 heteroatoms. The molecule has 1 aromatic heterocycles. The van der Waals surface area contributed by atoms with Gasteiger partial charge >= 0.3 is 5.97 Å². The van der Waals surface area contributed by atoms with Gasteiger partial charge in [0.05, 0.1) is 24.9 Å². The van der Waals surface area contributed by atoms with E-state index in [9.17, 15) is 9.90 Å². The second kappa shape index (κ2) is 5.57. The van der Waals surface area contributed by atoms with E-state index in [1.165, 1.54) is 4.68 Å². The lowest BCUT2D eigenvalue weighted by Gasteiger charge is -2.10. The highest BCUT2D eigenvalue weighted by atomic mass is 16.5. The van der Waals surface area contributed by atoms with Crippen LogP contribution in [-0.2, 0) is 11.3 Å². The van der Waals surface area contributed by atoms with Gasteiger partial charge in [-0.2, -0.15) is 0 Å². The van der Waals surface area contributed by atoms with E-state index in [4.69, 9.17) is 9.84 Å². The second-order valence-electron chi connectivity index (χ2n) is 3.32. The molecule has 1 heterocycles. The molecule has 0 fully saturated rings. The quantitative estimate of drug-likeness (QED) is 0.694. The summed E-state index contributed by atoms with van der Waals surface area (Å²) in [5, 5.41) is 25.5. The summed E-state index contributed by atoms with van der Waals surface area (Å²) in [5.74, 6) is -1.12. The number of carbonyl (C=O) groups is 1. The summed E-state index contributed by atoms with van der Waals surface area (Å²) in [4.78, 5) is 10.7. The Kier molecular flexibility index (Phi) is 4.39. The van der Waals surface area contributed by atoms with E-state index in [2.05, 4.69) is 10.3 Å². The zero-order valence-electron chi connectivity index (χ0n) is 9.25. The molecule has 0 aliphatic carbocycles. The van der Waals surface area contributed by atoms with E-state index in [1.807, 2.05) is 6.92 Å². The molecule has 7 nitrogen and oxygen atoms in total. The van der Waals surface area contributed by atoms with Crippen LogP contribution in [-0.4, -0.2) is 50.5 Å². The van der Waals surface area contributed by atoms with Crippen molar-refractivity contribution < 1.29 is 19.7 Å². The van der Waals surface area contributed by atoms with Crippen LogP contribution in [0.1, 0.15) is 23.1 Å². The summed E-state index contributed by atoms with van der Waals surface area (Å²) >= 11 is 0. The maximum Gasteiger partial charge on any atom is 0.358 e. The molecule has 0 aromatic carbocycles. The highest BCUT2D eigenvalue weighted by Crippen LogP contribution is 2.04. The first-order valence-corrected chi connectivity index (χ1v) is 4.95. The Morgan fingerprint density at radius 1 is 1.62 bits per heavy atom. The topological polar surface area (TPSA) is 97.5 Å². The number of hydrogen-bond donors (Lipinski definition) is 2. The Labute approximate surface area is 92.6 Å². The van der Waals surface area contributed by atoms with Crippen LogP contribution in [0.5, 0.6) is 0 Å². The molecule has 1 atom stereocenters. The van der Waals surface area contributed by atoms with Gasteiger partial charge in [0.2, 0.25) is 0 Å². The molecule has 90 valence electrons. The van der Waals surface area contributed by atoms with Crippen molar-refractivity contribution in [1.29, 1.82) is 0 Å². The smallest absolute Gasteiger partial charge is 0.358 e. The minimum absolute atomic E-state index is 0.0939. The maximum absolute atomic E-state index is 10.7. The van der Waals surface area contributed by atoms with Gasteiger partial charge in [-0.05, 0) is 13.8 Å². The minimum Gasteiger partial charge on any atom is -0.476 e. The first-order chi connectivity index (χ1) is 7.56. The number of ether oxygens (including phenoxy) is 1. The molecule has 16 heavy (non-hydrogen) atoms. The summed E-state index contributed by atoms with van der Waals surface area (Å²) in [6, 6.07) is 0. The van der Waals surface area contributed by atoms with Crippen molar-refractivity contribution >= 4 is 5.97 Å². The lowest BCUT2D eigenvalue weighted by atomic mass is 10.3. The summed E-state index contributed by atoms with van der Waals surface area (Å²) in [5.41, 5.74) is 0.326. The maximum atomic E-state index is 10.7. The van der Waals surface area contributed by atoms with Gasteiger partial charge in [-0.25, -0.2) is 9.48 Å².